The summed E-state index contributed by atoms with van der Waals surface area (Å²) in [6, 6.07) is 8.28. The van der Waals surface area contributed by atoms with E-state index in [0.717, 1.165) is 12.1 Å². The first-order chi connectivity index (χ1) is 11.3. The molecule has 2 aromatic carbocycles. The number of carbonyl (C=O) groups is 1. The summed E-state index contributed by atoms with van der Waals surface area (Å²) in [6.45, 7) is 0.0711. The standard InChI is InChI=1S/C16H13ClF4N2O/c17-11-5-6-14(12(9-11)16(19,20)21)23-15(24)22-8-7-10-3-1-2-4-13(10)18/h1-6,9H,7-8H2,(H2,22,23,24). The van der Waals surface area contributed by atoms with Crippen LogP contribution in [0.1, 0.15) is 11.1 Å². The Morgan fingerprint density at radius 3 is 2.50 bits per heavy atom. The maximum absolute atomic E-state index is 13.4. The Hall–Kier alpha value is -2.28. The molecule has 8 heteroatoms. The highest BCUT2D eigenvalue weighted by atomic mass is 35.5. The minimum absolute atomic E-state index is 0.0711. The molecule has 0 spiro atoms. The Balaban J connectivity index is 1.97. The van der Waals surface area contributed by atoms with Crippen LogP contribution in [-0.2, 0) is 12.6 Å². The van der Waals surface area contributed by atoms with Crippen LogP contribution in [0.5, 0.6) is 0 Å². The van der Waals surface area contributed by atoms with Crippen molar-refractivity contribution in [3.05, 3.63) is 64.4 Å². The third-order valence-electron chi connectivity index (χ3n) is 3.17. The summed E-state index contributed by atoms with van der Waals surface area (Å²) in [4.78, 5) is 11.7. The molecule has 128 valence electrons. The average molecular weight is 361 g/mol. The first kappa shape index (κ1) is 18.1. The van der Waals surface area contributed by atoms with Gasteiger partial charge in [0, 0.05) is 11.6 Å². The monoisotopic (exact) mass is 360 g/mol. The summed E-state index contributed by atoms with van der Waals surface area (Å²) in [5, 5.41) is 4.42. The van der Waals surface area contributed by atoms with Crippen molar-refractivity contribution in [2.24, 2.45) is 0 Å². The van der Waals surface area contributed by atoms with Crippen LogP contribution < -0.4 is 10.6 Å². The van der Waals surface area contributed by atoms with Crippen LogP contribution >= 0.6 is 11.6 Å². The molecule has 0 aromatic heterocycles. The molecule has 0 aliphatic heterocycles. The van der Waals surface area contributed by atoms with E-state index in [-0.39, 0.29) is 18.0 Å². The Morgan fingerprint density at radius 2 is 1.83 bits per heavy atom. The third kappa shape index (κ3) is 4.86. The van der Waals surface area contributed by atoms with Crippen LogP contribution in [0, 0.1) is 5.82 Å². The zero-order valence-corrected chi connectivity index (χ0v) is 13.0. The zero-order valence-electron chi connectivity index (χ0n) is 12.3. The van der Waals surface area contributed by atoms with Crippen LogP contribution in [0.15, 0.2) is 42.5 Å². The van der Waals surface area contributed by atoms with Crippen LogP contribution in [0.25, 0.3) is 0 Å². The van der Waals surface area contributed by atoms with Gasteiger partial charge in [-0.05, 0) is 36.2 Å². The highest BCUT2D eigenvalue weighted by Crippen LogP contribution is 2.36. The highest BCUT2D eigenvalue weighted by molar-refractivity contribution is 6.30. The second kappa shape index (κ2) is 7.53. The fourth-order valence-electron chi connectivity index (χ4n) is 2.04. The lowest BCUT2D eigenvalue weighted by Crippen LogP contribution is -2.31. The molecule has 2 N–H and O–H groups in total. The van der Waals surface area contributed by atoms with E-state index >= 15 is 0 Å². The van der Waals surface area contributed by atoms with Gasteiger partial charge in [0.1, 0.15) is 5.82 Å². The van der Waals surface area contributed by atoms with E-state index in [9.17, 15) is 22.4 Å². The number of rotatable bonds is 4. The van der Waals surface area contributed by atoms with E-state index in [4.69, 9.17) is 11.6 Å². The molecule has 2 aromatic rings. The van der Waals surface area contributed by atoms with Gasteiger partial charge in [-0.2, -0.15) is 13.2 Å². The number of carbonyl (C=O) groups excluding carboxylic acids is 1. The summed E-state index contributed by atoms with van der Waals surface area (Å²) in [7, 11) is 0. The minimum atomic E-state index is -4.65. The molecule has 0 aliphatic rings. The molecule has 0 aliphatic carbocycles. The smallest absolute Gasteiger partial charge is 0.338 e. The van der Waals surface area contributed by atoms with Crippen molar-refractivity contribution >= 4 is 23.3 Å². The molecule has 0 saturated heterocycles. The lowest BCUT2D eigenvalue weighted by molar-refractivity contribution is -0.136. The van der Waals surface area contributed by atoms with Gasteiger partial charge in [0.25, 0.3) is 0 Å². The fraction of sp³-hybridized carbons (Fsp3) is 0.188. The largest absolute Gasteiger partial charge is 0.418 e. The van der Waals surface area contributed by atoms with E-state index in [2.05, 4.69) is 10.6 Å². The second-order valence-corrected chi connectivity index (χ2v) is 5.35. The summed E-state index contributed by atoms with van der Waals surface area (Å²) < 4.78 is 52.2. The lowest BCUT2D eigenvalue weighted by Gasteiger charge is -2.14. The third-order valence-corrected chi connectivity index (χ3v) is 3.41. The molecule has 2 rings (SSSR count). The number of hydrogen-bond donors (Lipinski definition) is 2. The molecule has 0 heterocycles. The number of nitrogens with one attached hydrogen (secondary N) is 2. The van der Waals surface area contributed by atoms with Crippen molar-refractivity contribution in [3.8, 4) is 0 Å². The molecule has 0 atom stereocenters. The molecule has 0 radical (unpaired) electrons. The average Bonchev–Trinajstić information content (AvgIpc) is 2.50. The van der Waals surface area contributed by atoms with Crippen molar-refractivity contribution in [2.75, 3.05) is 11.9 Å². The lowest BCUT2D eigenvalue weighted by atomic mass is 10.1. The number of anilines is 1. The molecule has 0 unspecified atom stereocenters. The second-order valence-electron chi connectivity index (χ2n) is 4.91. The van der Waals surface area contributed by atoms with Crippen LogP contribution in [0.3, 0.4) is 0 Å². The van der Waals surface area contributed by atoms with Crippen LogP contribution in [0.4, 0.5) is 28.0 Å². The SMILES string of the molecule is O=C(NCCc1ccccc1F)Nc1ccc(Cl)cc1C(F)(F)F. The zero-order chi connectivity index (χ0) is 17.7. The topological polar surface area (TPSA) is 41.1 Å². The molecular formula is C16H13ClF4N2O. The Bertz CT molecular complexity index is 734. The number of halogens is 5. The Kier molecular flexibility index (Phi) is 5.66. The normalized spacial score (nSPS) is 11.2. The van der Waals surface area contributed by atoms with E-state index in [1.165, 1.54) is 18.2 Å². The van der Waals surface area contributed by atoms with Crippen molar-refractivity contribution in [1.82, 2.24) is 5.32 Å². The molecule has 2 amide bonds. The maximum Gasteiger partial charge on any atom is 0.418 e. The van der Waals surface area contributed by atoms with Gasteiger partial charge in [0.05, 0.1) is 11.3 Å². The minimum Gasteiger partial charge on any atom is -0.338 e. The van der Waals surface area contributed by atoms with Gasteiger partial charge in [-0.3, -0.25) is 0 Å². The van der Waals surface area contributed by atoms with E-state index < -0.39 is 29.3 Å². The predicted octanol–water partition coefficient (Wildman–Crippen LogP) is 4.86. The van der Waals surface area contributed by atoms with Gasteiger partial charge in [-0.25, -0.2) is 9.18 Å². The van der Waals surface area contributed by atoms with E-state index in [0.29, 0.717) is 5.56 Å². The van der Waals surface area contributed by atoms with Gasteiger partial charge < -0.3 is 10.6 Å². The number of hydrogen-bond acceptors (Lipinski definition) is 1. The molecule has 0 bridgehead atoms. The summed E-state index contributed by atoms with van der Waals surface area (Å²) in [6.07, 6.45) is -4.44. The maximum atomic E-state index is 13.4. The van der Waals surface area contributed by atoms with Crippen LogP contribution in [0.2, 0.25) is 5.02 Å². The molecule has 3 nitrogen and oxygen atoms in total. The first-order valence-corrected chi connectivity index (χ1v) is 7.30. The molecule has 0 saturated carbocycles. The van der Waals surface area contributed by atoms with Crippen molar-refractivity contribution < 1.29 is 22.4 Å². The Morgan fingerprint density at radius 1 is 1.12 bits per heavy atom. The van der Waals surface area contributed by atoms with Gasteiger partial charge in [-0.15, -0.1) is 0 Å². The first-order valence-electron chi connectivity index (χ1n) is 6.92. The van der Waals surface area contributed by atoms with Gasteiger partial charge in [0.2, 0.25) is 0 Å². The van der Waals surface area contributed by atoms with Gasteiger partial charge in [0.15, 0.2) is 0 Å². The van der Waals surface area contributed by atoms with Crippen LogP contribution in [-0.4, -0.2) is 12.6 Å². The Labute approximate surface area is 140 Å². The summed E-state index contributed by atoms with van der Waals surface area (Å²) in [5.41, 5.74) is -1.05. The van der Waals surface area contributed by atoms with Gasteiger partial charge >= 0.3 is 12.2 Å². The number of benzene rings is 2. The molecule has 0 fully saturated rings. The van der Waals surface area contributed by atoms with E-state index in [1.54, 1.807) is 12.1 Å². The molecule has 24 heavy (non-hydrogen) atoms. The number of urea groups is 1. The quantitative estimate of drug-likeness (QED) is 0.751. The van der Waals surface area contributed by atoms with Crippen molar-refractivity contribution in [3.63, 3.8) is 0 Å². The van der Waals surface area contributed by atoms with Gasteiger partial charge in [-0.1, -0.05) is 29.8 Å². The number of alkyl halides is 3. The predicted molar refractivity (Wildman–Crippen MR) is 83.6 cm³/mol. The van der Waals surface area contributed by atoms with E-state index in [1.807, 2.05) is 0 Å². The highest BCUT2D eigenvalue weighted by Gasteiger charge is 2.34. The molecular weight excluding hydrogens is 348 g/mol. The summed E-state index contributed by atoms with van der Waals surface area (Å²) >= 11 is 5.56. The fourth-order valence-corrected chi connectivity index (χ4v) is 2.21. The van der Waals surface area contributed by atoms with Crippen molar-refractivity contribution in [1.29, 1.82) is 0 Å². The van der Waals surface area contributed by atoms with Crippen molar-refractivity contribution in [2.45, 2.75) is 12.6 Å². The summed E-state index contributed by atoms with van der Waals surface area (Å²) in [5.74, 6) is -0.406. The number of amides is 2.